The quantitative estimate of drug-likeness (QED) is 0.747. The highest BCUT2D eigenvalue weighted by Crippen LogP contribution is 2.47. The summed E-state index contributed by atoms with van der Waals surface area (Å²) in [5, 5.41) is 20.9. The smallest absolute Gasteiger partial charge is 0.131 e. The zero-order valence-electron chi connectivity index (χ0n) is 15.8. The van der Waals surface area contributed by atoms with Crippen LogP contribution in [0.5, 0.6) is 0 Å². The predicted octanol–water partition coefficient (Wildman–Crippen LogP) is 1.89. The van der Waals surface area contributed by atoms with Crippen molar-refractivity contribution in [2.75, 3.05) is 30.3 Å². The summed E-state index contributed by atoms with van der Waals surface area (Å²) < 4.78 is 0. The maximum atomic E-state index is 11.1. The zero-order valence-corrected chi connectivity index (χ0v) is 15.8. The second kappa shape index (κ2) is 6.98. The number of aliphatic hydroxyl groups excluding tert-OH is 2. The average molecular weight is 361 g/mol. The zero-order chi connectivity index (χ0) is 18.3. The summed E-state index contributed by atoms with van der Waals surface area (Å²) in [5.74, 6) is 1.03. The number of nitrogen functional groups attached to an aromatic ring is 1. The van der Waals surface area contributed by atoms with Crippen LogP contribution in [-0.4, -0.2) is 58.1 Å². The standard InChI is InChI=1S/C20H32N4O2/c1-14-12-15(21)13-22-18(14)23-9-6-20(7-10-23)8-11-24(19(20)26)16-2-4-17(25)5-3-16/h12-13,16-17,19,25-26H,2-11,21H2,1H3. The summed E-state index contributed by atoms with van der Waals surface area (Å²) >= 11 is 0. The lowest BCUT2D eigenvalue weighted by Gasteiger charge is -2.44. The number of anilines is 2. The summed E-state index contributed by atoms with van der Waals surface area (Å²) in [4.78, 5) is 9.20. The molecule has 3 heterocycles. The Labute approximate surface area is 156 Å². The molecule has 1 saturated carbocycles. The Morgan fingerprint density at radius 1 is 1.08 bits per heavy atom. The lowest BCUT2D eigenvalue weighted by Crippen LogP contribution is -2.50. The van der Waals surface area contributed by atoms with E-state index in [1.54, 1.807) is 6.20 Å². The topological polar surface area (TPSA) is 85.9 Å². The fourth-order valence-electron chi connectivity index (χ4n) is 5.32. The van der Waals surface area contributed by atoms with Crippen LogP contribution in [0.25, 0.3) is 0 Å². The number of aryl methyl sites for hydroxylation is 1. The molecule has 26 heavy (non-hydrogen) atoms. The van der Waals surface area contributed by atoms with Crippen molar-refractivity contribution in [2.45, 2.75) is 70.2 Å². The molecule has 6 heteroatoms. The number of likely N-dealkylation sites (tertiary alicyclic amines) is 1. The molecule has 4 N–H and O–H groups in total. The molecular formula is C20H32N4O2. The van der Waals surface area contributed by atoms with Crippen molar-refractivity contribution in [3.63, 3.8) is 0 Å². The fraction of sp³-hybridized carbons (Fsp3) is 0.750. The van der Waals surface area contributed by atoms with E-state index >= 15 is 0 Å². The molecule has 0 bridgehead atoms. The maximum absolute atomic E-state index is 11.1. The Balaban J connectivity index is 1.40. The summed E-state index contributed by atoms with van der Waals surface area (Å²) in [5.41, 5.74) is 7.68. The summed E-state index contributed by atoms with van der Waals surface area (Å²) in [6.07, 6.45) is 8.10. The normalized spacial score (nSPS) is 32.3. The number of pyridine rings is 1. The van der Waals surface area contributed by atoms with Crippen LogP contribution in [-0.2, 0) is 0 Å². The van der Waals surface area contributed by atoms with Gasteiger partial charge in [-0.05, 0) is 63.5 Å². The number of rotatable bonds is 2. The van der Waals surface area contributed by atoms with Gasteiger partial charge >= 0.3 is 0 Å². The molecule has 1 aromatic rings. The van der Waals surface area contributed by atoms with Gasteiger partial charge in [-0.3, -0.25) is 4.90 Å². The van der Waals surface area contributed by atoms with E-state index in [2.05, 4.69) is 21.7 Å². The van der Waals surface area contributed by atoms with Gasteiger partial charge in [0.1, 0.15) is 12.0 Å². The molecule has 0 amide bonds. The van der Waals surface area contributed by atoms with E-state index in [-0.39, 0.29) is 17.7 Å². The second-order valence-electron chi connectivity index (χ2n) is 8.58. The van der Waals surface area contributed by atoms with Gasteiger partial charge in [0.05, 0.1) is 18.0 Å². The first-order valence-corrected chi connectivity index (χ1v) is 10.1. The third-order valence-electron chi connectivity index (χ3n) is 7.00. The average Bonchev–Trinajstić information content (AvgIpc) is 2.94. The highest BCUT2D eigenvalue weighted by molar-refractivity contribution is 5.52. The molecule has 1 atom stereocenters. The number of nitrogens with two attached hydrogens (primary N) is 1. The molecule has 2 saturated heterocycles. The number of hydrogen-bond acceptors (Lipinski definition) is 6. The first kappa shape index (κ1) is 18.0. The Bertz CT molecular complexity index is 637. The molecule has 1 aliphatic carbocycles. The molecule has 1 aromatic heterocycles. The van der Waals surface area contributed by atoms with Crippen molar-refractivity contribution in [2.24, 2.45) is 5.41 Å². The number of piperidine rings is 1. The van der Waals surface area contributed by atoms with Crippen LogP contribution in [0.2, 0.25) is 0 Å². The molecule has 1 unspecified atom stereocenters. The van der Waals surface area contributed by atoms with Gasteiger partial charge in [-0.15, -0.1) is 0 Å². The molecule has 1 spiro atoms. The monoisotopic (exact) mass is 360 g/mol. The molecular weight excluding hydrogens is 328 g/mol. The van der Waals surface area contributed by atoms with Crippen LogP contribution in [0.1, 0.15) is 50.5 Å². The van der Waals surface area contributed by atoms with Crippen LogP contribution in [0.15, 0.2) is 12.3 Å². The van der Waals surface area contributed by atoms with E-state index in [4.69, 9.17) is 5.73 Å². The number of hydrogen-bond donors (Lipinski definition) is 3. The van der Waals surface area contributed by atoms with E-state index in [0.717, 1.165) is 76.0 Å². The lowest BCUT2D eigenvalue weighted by molar-refractivity contribution is -0.0787. The largest absolute Gasteiger partial charge is 0.397 e. The first-order chi connectivity index (χ1) is 12.5. The minimum Gasteiger partial charge on any atom is -0.397 e. The number of aromatic nitrogens is 1. The minimum atomic E-state index is -0.342. The van der Waals surface area contributed by atoms with Crippen molar-refractivity contribution in [3.05, 3.63) is 17.8 Å². The van der Waals surface area contributed by atoms with Gasteiger partial charge in [-0.25, -0.2) is 4.98 Å². The van der Waals surface area contributed by atoms with Crippen molar-refractivity contribution in [1.29, 1.82) is 0 Å². The van der Waals surface area contributed by atoms with Gasteiger partial charge in [-0.2, -0.15) is 0 Å². The molecule has 6 nitrogen and oxygen atoms in total. The maximum Gasteiger partial charge on any atom is 0.131 e. The molecule has 0 aromatic carbocycles. The van der Waals surface area contributed by atoms with Crippen molar-refractivity contribution < 1.29 is 10.2 Å². The molecule has 144 valence electrons. The Kier molecular flexibility index (Phi) is 4.84. The van der Waals surface area contributed by atoms with E-state index < -0.39 is 0 Å². The van der Waals surface area contributed by atoms with Gasteiger partial charge in [0.2, 0.25) is 0 Å². The Morgan fingerprint density at radius 3 is 2.38 bits per heavy atom. The summed E-state index contributed by atoms with van der Waals surface area (Å²) in [6.45, 7) is 4.92. The summed E-state index contributed by atoms with van der Waals surface area (Å²) in [7, 11) is 0. The van der Waals surface area contributed by atoms with Gasteiger partial charge in [0.25, 0.3) is 0 Å². The van der Waals surface area contributed by atoms with Crippen molar-refractivity contribution in [3.8, 4) is 0 Å². The van der Waals surface area contributed by atoms with Crippen LogP contribution >= 0.6 is 0 Å². The van der Waals surface area contributed by atoms with Crippen LogP contribution in [0, 0.1) is 12.3 Å². The van der Waals surface area contributed by atoms with E-state index in [1.807, 2.05) is 6.07 Å². The first-order valence-electron chi connectivity index (χ1n) is 10.1. The third kappa shape index (κ3) is 3.19. The second-order valence-corrected chi connectivity index (χ2v) is 8.58. The highest BCUT2D eigenvalue weighted by atomic mass is 16.3. The minimum absolute atomic E-state index is 0.0221. The molecule has 3 aliphatic rings. The summed E-state index contributed by atoms with van der Waals surface area (Å²) in [6, 6.07) is 2.42. The molecule has 2 aliphatic heterocycles. The third-order valence-corrected chi connectivity index (χ3v) is 7.00. The van der Waals surface area contributed by atoms with Gasteiger partial charge in [0, 0.05) is 31.1 Å². The van der Waals surface area contributed by atoms with Crippen LogP contribution in [0.3, 0.4) is 0 Å². The Morgan fingerprint density at radius 2 is 1.73 bits per heavy atom. The van der Waals surface area contributed by atoms with Gasteiger partial charge in [0.15, 0.2) is 0 Å². The SMILES string of the molecule is Cc1cc(N)cnc1N1CCC2(CC1)CCN(C1CCC(O)CC1)C2O. The van der Waals surface area contributed by atoms with Crippen molar-refractivity contribution in [1.82, 2.24) is 9.88 Å². The highest BCUT2D eigenvalue weighted by Gasteiger charge is 2.50. The van der Waals surface area contributed by atoms with Crippen LogP contribution < -0.4 is 10.6 Å². The van der Waals surface area contributed by atoms with E-state index in [9.17, 15) is 10.2 Å². The fourth-order valence-corrected chi connectivity index (χ4v) is 5.32. The Hall–Kier alpha value is -1.37. The molecule has 4 rings (SSSR count). The van der Waals surface area contributed by atoms with E-state index in [1.165, 1.54) is 0 Å². The van der Waals surface area contributed by atoms with Crippen LogP contribution in [0.4, 0.5) is 11.5 Å². The van der Waals surface area contributed by atoms with Gasteiger partial charge < -0.3 is 20.8 Å². The molecule has 3 fully saturated rings. The van der Waals surface area contributed by atoms with Gasteiger partial charge in [-0.1, -0.05) is 0 Å². The number of aliphatic hydroxyl groups is 2. The molecule has 0 radical (unpaired) electrons. The number of nitrogens with zero attached hydrogens (tertiary/aromatic N) is 3. The predicted molar refractivity (Wildman–Crippen MR) is 103 cm³/mol. The van der Waals surface area contributed by atoms with Crippen molar-refractivity contribution >= 4 is 11.5 Å². The van der Waals surface area contributed by atoms with E-state index in [0.29, 0.717) is 11.7 Å². The lowest BCUT2D eigenvalue weighted by atomic mass is 9.76.